The lowest BCUT2D eigenvalue weighted by molar-refractivity contribution is -0.148. The summed E-state index contributed by atoms with van der Waals surface area (Å²) in [4.78, 5) is 50.2. The molecule has 0 radical (unpaired) electrons. The number of carboxylic acids is 1. The molecule has 34 heavy (non-hydrogen) atoms. The molecule has 4 atom stereocenters. The molecule has 0 saturated carbocycles. The van der Waals surface area contributed by atoms with Gasteiger partial charge >= 0.3 is 17.9 Å². The van der Waals surface area contributed by atoms with Gasteiger partial charge in [-0.15, -0.1) is 0 Å². The number of allylic oxidation sites excluding steroid dienone is 1. The monoisotopic (exact) mass is 480 g/mol. The summed E-state index contributed by atoms with van der Waals surface area (Å²) < 4.78 is 16.7. The maximum absolute atomic E-state index is 12.0. The summed E-state index contributed by atoms with van der Waals surface area (Å²) in [7, 11) is 0. The van der Waals surface area contributed by atoms with Crippen LogP contribution in [-0.2, 0) is 33.4 Å². The van der Waals surface area contributed by atoms with Crippen molar-refractivity contribution < 1.29 is 43.7 Å². The van der Waals surface area contributed by atoms with E-state index < -0.39 is 30.3 Å². The zero-order valence-electron chi connectivity index (χ0n) is 19.2. The molecule has 0 aliphatic carbocycles. The molecule has 0 aromatic rings. The number of aliphatic imine (C=N–C) groups is 1. The molecule has 2 rings (SSSR count). The van der Waals surface area contributed by atoms with Gasteiger partial charge in [-0.2, -0.15) is 4.99 Å². The Bertz CT molecular complexity index is 821. The van der Waals surface area contributed by atoms with Crippen LogP contribution in [-0.4, -0.2) is 64.9 Å². The summed E-state index contributed by atoms with van der Waals surface area (Å²) in [6, 6.07) is 0. The van der Waals surface area contributed by atoms with Gasteiger partial charge in [-0.05, 0) is 31.3 Å². The Labute approximate surface area is 197 Å². The Morgan fingerprint density at radius 1 is 1.26 bits per heavy atom. The molecule has 2 aliphatic rings. The molecule has 0 bridgehead atoms. The third-order valence-corrected chi connectivity index (χ3v) is 5.47. The Kier molecular flexibility index (Phi) is 11.4. The molecular formula is C23H32N2O9. The standard InChI is InChI=1S/C23H32N2O9/c1-2-3-4-5-22(29)32-14-16-13-18(34-23(30)11-10-21(27)28)17(33-16)8-6-15-7-9-19(25-31)24-20(26)12-15/h7,9-11,15-18,31H,2-6,8,12-14H2,1H3,(H,27,28)(H,24,25,26)/b11-10-/t15?,16-,17-,18+/m0/s1. The maximum atomic E-state index is 12.0. The topological polar surface area (TPSA) is 161 Å². The summed E-state index contributed by atoms with van der Waals surface area (Å²) in [6.07, 6.45) is 7.56. The van der Waals surface area contributed by atoms with E-state index in [2.05, 4.69) is 4.99 Å². The highest BCUT2D eigenvalue weighted by atomic mass is 16.6. The normalized spacial score (nSPS) is 24.5. The van der Waals surface area contributed by atoms with Gasteiger partial charge in [0, 0.05) is 31.4 Å². The van der Waals surface area contributed by atoms with Gasteiger partial charge in [0.2, 0.25) is 5.91 Å². The highest BCUT2D eigenvalue weighted by Crippen LogP contribution is 2.29. The lowest BCUT2D eigenvalue weighted by Gasteiger charge is -2.20. The second-order valence-electron chi connectivity index (χ2n) is 8.22. The summed E-state index contributed by atoms with van der Waals surface area (Å²) in [5.41, 5.74) is 1.86. The molecule has 11 heteroatoms. The molecular weight excluding hydrogens is 448 g/mol. The zero-order valence-corrected chi connectivity index (χ0v) is 19.2. The van der Waals surface area contributed by atoms with Crippen molar-refractivity contribution in [2.75, 3.05) is 6.61 Å². The second-order valence-corrected chi connectivity index (χ2v) is 8.22. The van der Waals surface area contributed by atoms with Crippen molar-refractivity contribution in [3.8, 4) is 0 Å². The van der Waals surface area contributed by atoms with Gasteiger partial charge in [-0.25, -0.2) is 9.59 Å². The number of amidine groups is 1. The SMILES string of the molecule is CCCCCC(=O)OC[C@@H]1C[C@@H](OC(=O)/C=C\C(=O)O)[C@H](CCC2C=CC(NO)=NC(=O)C2)O1. The van der Waals surface area contributed by atoms with Crippen molar-refractivity contribution in [1.29, 1.82) is 0 Å². The number of carbonyl (C=O) groups excluding carboxylic acids is 3. The number of esters is 2. The van der Waals surface area contributed by atoms with Crippen LogP contribution in [0.15, 0.2) is 29.3 Å². The smallest absolute Gasteiger partial charge is 0.331 e. The predicted octanol–water partition coefficient (Wildman–Crippen LogP) is 2.08. The summed E-state index contributed by atoms with van der Waals surface area (Å²) >= 11 is 0. The highest BCUT2D eigenvalue weighted by Gasteiger charge is 2.38. The van der Waals surface area contributed by atoms with Crippen LogP contribution in [0.1, 0.15) is 58.3 Å². The summed E-state index contributed by atoms with van der Waals surface area (Å²) in [5.74, 6) is -2.88. The first-order valence-electron chi connectivity index (χ1n) is 11.4. The van der Waals surface area contributed by atoms with Crippen molar-refractivity contribution in [1.82, 2.24) is 5.48 Å². The van der Waals surface area contributed by atoms with E-state index in [0.29, 0.717) is 31.8 Å². The fourth-order valence-corrected chi connectivity index (χ4v) is 3.77. The molecule has 3 N–H and O–H groups in total. The van der Waals surface area contributed by atoms with Crippen LogP contribution in [0.5, 0.6) is 0 Å². The van der Waals surface area contributed by atoms with Gasteiger partial charge in [0.05, 0.1) is 12.2 Å². The van der Waals surface area contributed by atoms with E-state index in [0.717, 1.165) is 25.3 Å². The molecule has 1 saturated heterocycles. The van der Waals surface area contributed by atoms with Crippen LogP contribution >= 0.6 is 0 Å². The Morgan fingerprint density at radius 2 is 2.06 bits per heavy atom. The largest absolute Gasteiger partial charge is 0.478 e. The number of rotatable bonds is 12. The average molecular weight is 481 g/mol. The van der Waals surface area contributed by atoms with Crippen molar-refractivity contribution in [2.45, 2.75) is 76.6 Å². The van der Waals surface area contributed by atoms with Gasteiger partial charge in [0.1, 0.15) is 12.7 Å². The molecule has 1 fully saturated rings. The van der Waals surface area contributed by atoms with Crippen LogP contribution in [0.25, 0.3) is 0 Å². The first kappa shape index (κ1) is 27.2. The number of unbranched alkanes of at least 4 members (excludes halogenated alkanes) is 2. The molecule has 0 aromatic carbocycles. The Hall–Kier alpha value is -3.05. The summed E-state index contributed by atoms with van der Waals surface area (Å²) in [5, 5.41) is 17.7. The number of ether oxygens (including phenoxy) is 3. The third kappa shape index (κ3) is 9.84. The van der Waals surface area contributed by atoms with E-state index in [-0.39, 0.29) is 36.7 Å². The molecule has 1 unspecified atom stereocenters. The maximum Gasteiger partial charge on any atom is 0.331 e. The van der Waals surface area contributed by atoms with Crippen LogP contribution in [0.3, 0.4) is 0 Å². The number of hydrogen-bond acceptors (Lipinski definition) is 9. The fraction of sp³-hybridized carbons (Fsp3) is 0.609. The van der Waals surface area contributed by atoms with Crippen molar-refractivity contribution in [3.05, 3.63) is 24.3 Å². The van der Waals surface area contributed by atoms with Gasteiger partial charge in [-0.1, -0.05) is 25.8 Å². The third-order valence-electron chi connectivity index (χ3n) is 5.47. The van der Waals surface area contributed by atoms with Gasteiger partial charge < -0.3 is 19.3 Å². The van der Waals surface area contributed by atoms with E-state index in [1.54, 1.807) is 6.08 Å². The molecule has 0 aromatic heterocycles. The van der Waals surface area contributed by atoms with Gasteiger partial charge in [0.25, 0.3) is 0 Å². The zero-order chi connectivity index (χ0) is 24.9. The number of hydrogen-bond donors (Lipinski definition) is 3. The highest BCUT2D eigenvalue weighted by molar-refractivity contribution is 6.01. The van der Waals surface area contributed by atoms with E-state index >= 15 is 0 Å². The minimum atomic E-state index is -1.27. The van der Waals surface area contributed by atoms with Crippen molar-refractivity contribution in [2.24, 2.45) is 10.9 Å². The minimum absolute atomic E-state index is 0.0294. The van der Waals surface area contributed by atoms with Crippen molar-refractivity contribution >= 4 is 29.7 Å². The van der Waals surface area contributed by atoms with E-state index in [1.165, 1.54) is 6.08 Å². The lowest BCUT2D eigenvalue weighted by Crippen LogP contribution is -2.27. The average Bonchev–Trinajstić information content (AvgIpc) is 3.07. The number of nitrogens with zero attached hydrogens (tertiary/aromatic N) is 1. The van der Waals surface area contributed by atoms with Crippen LogP contribution in [0, 0.1) is 5.92 Å². The number of carboxylic acid groups (broad SMARTS) is 1. The minimum Gasteiger partial charge on any atom is -0.478 e. The van der Waals surface area contributed by atoms with Gasteiger partial charge in [-0.3, -0.25) is 20.3 Å². The molecule has 11 nitrogen and oxygen atoms in total. The molecule has 0 spiro atoms. The number of nitrogens with one attached hydrogen (secondary N) is 1. The van der Waals surface area contributed by atoms with Crippen LogP contribution in [0.4, 0.5) is 0 Å². The van der Waals surface area contributed by atoms with E-state index in [9.17, 15) is 19.2 Å². The van der Waals surface area contributed by atoms with Crippen LogP contribution in [0.2, 0.25) is 0 Å². The molecule has 2 aliphatic heterocycles. The van der Waals surface area contributed by atoms with Crippen LogP contribution < -0.4 is 5.48 Å². The second kappa shape index (κ2) is 14.3. The number of amides is 1. The number of hydroxylamine groups is 1. The summed E-state index contributed by atoms with van der Waals surface area (Å²) in [6.45, 7) is 2.07. The lowest BCUT2D eigenvalue weighted by atomic mass is 9.95. The quantitative estimate of drug-likeness (QED) is 0.163. The molecule has 2 heterocycles. The Morgan fingerprint density at radius 3 is 2.76 bits per heavy atom. The van der Waals surface area contributed by atoms with E-state index in [1.807, 2.05) is 12.4 Å². The van der Waals surface area contributed by atoms with Crippen molar-refractivity contribution in [3.63, 3.8) is 0 Å². The van der Waals surface area contributed by atoms with Gasteiger partial charge in [0.15, 0.2) is 5.84 Å². The fourth-order valence-electron chi connectivity index (χ4n) is 3.77. The number of aliphatic carboxylic acids is 1. The number of carbonyl (C=O) groups is 4. The predicted molar refractivity (Wildman–Crippen MR) is 119 cm³/mol. The molecule has 188 valence electrons. The van der Waals surface area contributed by atoms with E-state index in [4.69, 9.17) is 24.5 Å². The first-order valence-corrected chi connectivity index (χ1v) is 11.4. The first-order chi connectivity index (χ1) is 16.3. The Balaban J connectivity index is 1.95. The molecule has 1 amide bonds.